The van der Waals surface area contributed by atoms with E-state index in [1.807, 2.05) is 36.4 Å². The molecule has 0 fully saturated rings. The molecule has 27 heavy (non-hydrogen) atoms. The zero-order valence-electron chi connectivity index (χ0n) is 15.1. The fraction of sp³-hybridized carbons (Fsp3) is 0.333. The Morgan fingerprint density at radius 1 is 0.963 bits per heavy atom. The molecule has 0 aliphatic heterocycles. The molecule has 2 aromatic carbocycles. The summed E-state index contributed by atoms with van der Waals surface area (Å²) in [5.41, 5.74) is 15.6. The minimum Gasteiger partial charge on any atom is -0.433 e. The van der Waals surface area contributed by atoms with Crippen LogP contribution in [0.25, 0.3) is 11.1 Å². The van der Waals surface area contributed by atoms with Crippen molar-refractivity contribution in [2.75, 3.05) is 13.2 Å². The van der Waals surface area contributed by atoms with Crippen LogP contribution in [0, 0.1) is 0 Å². The van der Waals surface area contributed by atoms with Gasteiger partial charge >= 0.3 is 12.1 Å². The molecule has 2 aromatic rings. The lowest BCUT2D eigenvalue weighted by Gasteiger charge is -2.14. The lowest BCUT2D eigenvalue weighted by molar-refractivity contribution is -0.141. The lowest BCUT2D eigenvalue weighted by atomic mass is 9.98. The fourth-order valence-corrected chi connectivity index (χ4v) is 3.40. The average molecular weight is 368 g/mol. The summed E-state index contributed by atoms with van der Waals surface area (Å²) < 4.78 is 9.95. The Bertz CT molecular complexity index is 776. The van der Waals surface area contributed by atoms with Gasteiger partial charge < -0.3 is 20.9 Å². The van der Waals surface area contributed by atoms with Gasteiger partial charge in [0, 0.05) is 5.92 Å². The van der Waals surface area contributed by atoms with Gasteiger partial charge in [-0.15, -0.1) is 0 Å². The number of benzene rings is 2. The van der Waals surface area contributed by atoms with E-state index in [4.69, 9.17) is 20.9 Å². The molecule has 0 saturated carbocycles. The maximum Gasteiger partial charge on any atom is 0.516 e. The van der Waals surface area contributed by atoms with Crippen LogP contribution in [0.4, 0.5) is 4.79 Å². The zero-order chi connectivity index (χ0) is 19.2. The van der Waals surface area contributed by atoms with Gasteiger partial charge in [0.1, 0.15) is 12.6 Å². The van der Waals surface area contributed by atoms with Crippen LogP contribution >= 0.6 is 0 Å². The van der Waals surface area contributed by atoms with Crippen LogP contribution in [0.1, 0.15) is 36.3 Å². The molecule has 0 spiro atoms. The third-order valence-electron chi connectivity index (χ3n) is 4.79. The number of fused-ring (bicyclic) bond motifs is 3. The van der Waals surface area contributed by atoms with E-state index in [1.54, 1.807) is 0 Å². The monoisotopic (exact) mass is 368 g/mol. The van der Waals surface area contributed by atoms with Crippen molar-refractivity contribution in [3.8, 4) is 11.1 Å². The van der Waals surface area contributed by atoms with Gasteiger partial charge in [0.15, 0.2) is 0 Å². The highest BCUT2D eigenvalue weighted by Gasteiger charge is 2.29. The third kappa shape index (κ3) is 4.35. The average Bonchev–Trinajstić information content (AvgIpc) is 3.00. The van der Waals surface area contributed by atoms with Crippen LogP contribution in [0.3, 0.4) is 0 Å². The van der Waals surface area contributed by atoms with Gasteiger partial charge in [-0.05, 0) is 41.6 Å². The van der Waals surface area contributed by atoms with Crippen molar-refractivity contribution >= 4 is 12.1 Å². The molecule has 3 rings (SSSR count). The van der Waals surface area contributed by atoms with E-state index in [-0.39, 0.29) is 12.5 Å². The molecule has 0 heterocycles. The first-order valence-electron chi connectivity index (χ1n) is 9.14. The number of carbonyl (C=O) groups excluding carboxylic acids is 2. The van der Waals surface area contributed by atoms with Gasteiger partial charge in [0.2, 0.25) is 0 Å². The summed E-state index contributed by atoms with van der Waals surface area (Å²) in [6.45, 7) is 0.636. The van der Waals surface area contributed by atoms with E-state index in [2.05, 4.69) is 12.1 Å². The smallest absolute Gasteiger partial charge is 0.433 e. The molecule has 0 saturated heterocycles. The molecule has 1 aliphatic carbocycles. The Kier molecular flexibility index (Phi) is 6.21. The predicted octanol–water partition coefficient (Wildman–Crippen LogP) is 2.94. The standard InChI is InChI=1S/C21H24N2O4/c22-12-6-5-11-19(23)20(24)27-21(25)26-13-18-16-9-3-1-7-14(16)15-8-2-4-10-17(15)18/h1-4,7-10,18-19H,5-6,11-13,22-23H2/t19-/m0/s1. The van der Waals surface area contributed by atoms with Crippen molar-refractivity contribution in [1.82, 2.24) is 0 Å². The number of nitrogens with two attached hydrogens (primary N) is 2. The van der Waals surface area contributed by atoms with Crippen molar-refractivity contribution < 1.29 is 19.1 Å². The highest BCUT2D eigenvalue weighted by molar-refractivity contribution is 5.85. The molecule has 1 aliphatic rings. The summed E-state index contributed by atoms with van der Waals surface area (Å²) in [5, 5.41) is 0. The van der Waals surface area contributed by atoms with Crippen molar-refractivity contribution in [1.29, 1.82) is 0 Å². The molecule has 0 bridgehead atoms. The van der Waals surface area contributed by atoms with E-state index in [0.29, 0.717) is 19.4 Å². The molecule has 4 N–H and O–H groups in total. The van der Waals surface area contributed by atoms with E-state index in [0.717, 1.165) is 28.7 Å². The molecular formula is C21H24N2O4. The molecule has 6 nitrogen and oxygen atoms in total. The molecule has 0 aromatic heterocycles. The van der Waals surface area contributed by atoms with Crippen molar-refractivity contribution in [3.63, 3.8) is 0 Å². The van der Waals surface area contributed by atoms with Gasteiger partial charge in [0.05, 0.1) is 0 Å². The van der Waals surface area contributed by atoms with Gasteiger partial charge in [-0.25, -0.2) is 9.59 Å². The van der Waals surface area contributed by atoms with Crippen LogP contribution in [-0.2, 0) is 14.3 Å². The molecule has 6 heteroatoms. The number of rotatable bonds is 7. The van der Waals surface area contributed by atoms with Crippen molar-refractivity contribution in [2.24, 2.45) is 11.5 Å². The highest BCUT2D eigenvalue weighted by atomic mass is 16.7. The first kappa shape index (κ1) is 19.1. The largest absolute Gasteiger partial charge is 0.516 e. The molecule has 1 atom stereocenters. The van der Waals surface area contributed by atoms with E-state index < -0.39 is 18.2 Å². The number of unbranched alkanes of at least 4 members (excludes halogenated alkanes) is 1. The van der Waals surface area contributed by atoms with Gasteiger partial charge in [0.25, 0.3) is 0 Å². The minimum absolute atomic E-state index is 0.0849. The Labute approximate surface area is 158 Å². The van der Waals surface area contributed by atoms with Crippen molar-refractivity contribution in [2.45, 2.75) is 31.2 Å². The SMILES string of the molecule is NCCCC[C@H](N)C(=O)OC(=O)OCC1c2ccccc2-c2ccccc21. The van der Waals surface area contributed by atoms with Gasteiger partial charge in [-0.2, -0.15) is 0 Å². The molecule has 142 valence electrons. The van der Waals surface area contributed by atoms with Crippen LogP contribution in [-0.4, -0.2) is 31.3 Å². The molecule has 0 amide bonds. The normalized spacial score (nSPS) is 13.6. The van der Waals surface area contributed by atoms with E-state index in [1.165, 1.54) is 0 Å². The van der Waals surface area contributed by atoms with Crippen molar-refractivity contribution in [3.05, 3.63) is 59.7 Å². The van der Waals surface area contributed by atoms with Crippen LogP contribution in [0.15, 0.2) is 48.5 Å². The Morgan fingerprint density at radius 3 is 2.15 bits per heavy atom. The van der Waals surface area contributed by atoms with Gasteiger partial charge in [-0.1, -0.05) is 55.0 Å². The summed E-state index contributed by atoms with van der Waals surface area (Å²) in [5.74, 6) is -0.859. The quantitative estimate of drug-likeness (QED) is 0.442. The highest BCUT2D eigenvalue weighted by Crippen LogP contribution is 2.44. The number of hydrogen-bond acceptors (Lipinski definition) is 6. The van der Waals surface area contributed by atoms with E-state index >= 15 is 0 Å². The number of esters is 1. The molecule has 0 unspecified atom stereocenters. The lowest BCUT2D eigenvalue weighted by Crippen LogP contribution is -2.34. The van der Waals surface area contributed by atoms with Crippen LogP contribution in [0.5, 0.6) is 0 Å². The number of hydrogen-bond donors (Lipinski definition) is 2. The Balaban J connectivity index is 1.59. The summed E-state index contributed by atoms with van der Waals surface area (Å²) in [7, 11) is 0. The summed E-state index contributed by atoms with van der Waals surface area (Å²) in [6.07, 6.45) is 0.881. The summed E-state index contributed by atoms with van der Waals surface area (Å²) in [4.78, 5) is 23.8. The van der Waals surface area contributed by atoms with Crippen LogP contribution < -0.4 is 11.5 Å². The fourth-order valence-electron chi connectivity index (χ4n) is 3.40. The van der Waals surface area contributed by atoms with E-state index in [9.17, 15) is 9.59 Å². The predicted molar refractivity (Wildman–Crippen MR) is 102 cm³/mol. The Hall–Kier alpha value is -2.70. The van der Waals surface area contributed by atoms with Gasteiger partial charge in [-0.3, -0.25) is 0 Å². The molecule has 0 radical (unpaired) electrons. The first-order valence-corrected chi connectivity index (χ1v) is 9.14. The second-order valence-corrected chi connectivity index (χ2v) is 6.60. The summed E-state index contributed by atoms with van der Waals surface area (Å²) >= 11 is 0. The first-order chi connectivity index (χ1) is 13.1. The third-order valence-corrected chi connectivity index (χ3v) is 4.79. The maximum atomic E-state index is 11.9. The zero-order valence-corrected chi connectivity index (χ0v) is 15.1. The maximum absolute atomic E-state index is 11.9. The van der Waals surface area contributed by atoms with Crippen LogP contribution in [0.2, 0.25) is 0 Å². The topological polar surface area (TPSA) is 105 Å². The minimum atomic E-state index is -1.02. The summed E-state index contributed by atoms with van der Waals surface area (Å²) in [6, 6.07) is 15.2. The second kappa shape index (κ2) is 8.79. The molecular weight excluding hydrogens is 344 g/mol. The second-order valence-electron chi connectivity index (χ2n) is 6.60. The number of carbonyl (C=O) groups is 2. The Morgan fingerprint density at radius 2 is 1.56 bits per heavy atom. The number of ether oxygens (including phenoxy) is 2.